The fourth-order valence-corrected chi connectivity index (χ4v) is 8.85. The Balaban J connectivity index is 1.38. The summed E-state index contributed by atoms with van der Waals surface area (Å²) in [5.41, 5.74) is -5.24. The number of aromatic nitrogens is 1. The van der Waals surface area contributed by atoms with Crippen LogP contribution in [0.15, 0.2) is 125 Å². The topological polar surface area (TPSA) is 24.6 Å². The number of fused-ring (bicyclic) bond motifs is 12. The summed E-state index contributed by atoms with van der Waals surface area (Å²) in [5.74, 6) is 0. The normalized spacial score (nSPS) is 19.1. The van der Waals surface area contributed by atoms with Crippen LogP contribution >= 0.6 is 0 Å². The number of anilines is 6. The van der Waals surface area contributed by atoms with Crippen LogP contribution in [0.25, 0.3) is 49.4 Å². The average molecular weight is 800 g/mol. The SMILES string of the molecule is [2H]c1c([2H])c2c3c(c1[2H])-n1c4c([2H])c([2H])c(C(C)(C)C)c([2H])c4c4c([2H])c(C(C)(C)C)c([2H])c(c41)N3c1c([2H])c(C)c([2H])c3c1B2c1c([2H])c(C(C)(C)C)c([2H])c([2H])c1N3c1c([2H])c([2H])c2oc3c([2H])c([2H])c([2H])c([2H])c3c2c1[2H]. The zero-order valence-electron chi connectivity index (χ0n) is 54.8. The molecule has 12 rings (SSSR count). The fourth-order valence-electron chi connectivity index (χ4n) is 8.85. The first-order valence-corrected chi connectivity index (χ1v) is 20.0. The van der Waals surface area contributed by atoms with Crippen molar-refractivity contribution in [1.82, 2.24) is 4.57 Å². The molecule has 3 aliphatic rings. The molecule has 0 aliphatic carbocycles. The van der Waals surface area contributed by atoms with E-state index in [0.29, 0.717) is 0 Å². The molecule has 0 unspecified atom stereocenters. The molecule has 294 valence electrons. The van der Waals surface area contributed by atoms with E-state index in [2.05, 4.69) is 0 Å². The van der Waals surface area contributed by atoms with Gasteiger partial charge < -0.3 is 18.8 Å². The van der Waals surface area contributed by atoms with Gasteiger partial charge in [0.25, 0.3) is 6.71 Å². The van der Waals surface area contributed by atoms with Gasteiger partial charge in [0.05, 0.1) is 55.5 Å². The smallest absolute Gasteiger partial charge is 0.252 e. The van der Waals surface area contributed by atoms with Crippen LogP contribution in [0.4, 0.5) is 34.1 Å². The minimum absolute atomic E-state index is 0.0258. The molecule has 0 amide bonds. The number of hydrogen-bond donors (Lipinski definition) is 0. The predicted molar refractivity (Wildman–Crippen MR) is 256 cm³/mol. The summed E-state index contributed by atoms with van der Waals surface area (Å²) in [4.78, 5) is 2.64. The van der Waals surface area contributed by atoms with Crippen LogP contribution in [0, 0.1) is 6.92 Å². The summed E-state index contributed by atoms with van der Waals surface area (Å²) in [7, 11) is 0. The van der Waals surface area contributed by atoms with Crippen molar-refractivity contribution >= 4 is 101 Å². The lowest BCUT2D eigenvalue weighted by Crippen LogP contribution is -2.62. The van der Waals surface area contributed by atoms with Crippen molar-refractivity contribution in [2.45, 2.75) is 85.5 Å². The molecule has 0 fully saturated rings. The molecule has 0 saturated heterocycles. The maximum Gasteiger partial charge on any atom is 0.252 e. The Hall–Kier alpha value is -6.20. The molecule has 60 heavy (non-hydrogen) atoms. The van der Waals surface area contributed by atoms with E-state index in [1.807, 2.05) is 0 Å². The van der Waals surface area contributed by atoms with E-state index in [1.54, 1.807) is 62.3 Å². The zero-order chi connectivity index (χ0) is 58.8. The third kappa shape index (κ3) is 4.75. The summed E-state index contributed by atoms with van der Waals surface area (Å²) in [5, 5.41) is -0.460. The molecule has 4 nitrogen and oxygen atoms in total. The quantitative estimate of drug-likeness (QED) is 0.155. The molecule has 9 aromatic rings. The molecule has 7 aromatic carbocycles. The van der Waals surface area contributed by atoms with E-state index in [1.165, 1.54) is 16.4 Å². The molecule has 2 aromatic heterocycles. The van der Waals surface area contributed by atoms with Crippen LogP contribution in [0.3, 0.4) is 0 Å². The molecule has 0 spiro atoms. The monoisotopic (exact) mass is 800 g/mol. The minimum atomic E-state index is -1.56. The molecule has 5 heterocycles. The van der Waals surface area contributed by atoms with Crippen LogP contribution in [-0.2, 0) is 16.2 Å². The van der Waals surface area contributed by atoms with Gasteiger partial charge in [0.2, 0.25) is 0 Å². The van der Waals surface area contributed by atoms with Gasteiger partial charge >= 0.3 is 0 Å². The van der Waals surface area contributed by atoms with Crippen molar-refractivity contribution in [1.29, 1.82) is 0 Å². The Bertz CT molecular complexity index is 4520. The summed E-state index contributed by atoms with van der Waals surface area (Å²) in [6.07, 6.45) is 0. The van der Waals surface area contributed by atoms with E-state index in [0.717, 1.165) is 4.90 Å². The van der Waals surface area contributed by atoms with E-state index in [9.17, 15) is 21.9 Å². The third-order valence-electron chi connectivity index (χ3n) is 11.8. The second-order valence-corrected chi connectivity index (χ2v) is 19.1. The standard InChI is InChI=1S/C55H50BN3O/c1-31-24-45-50-46(25-31)59-47-29-34(55(8,9)10)27-39-37-26-32(53(2,3)4)18-21-42(37)58(51(39)47)44-16-13-15-40(52(44)59)56(50)41-28-33(54(5,6)7)19-22-43(41)57(45)35-20-23-49-38(30-35)36-14-11-12-17-48(36)60-49/h11-30H,1-10H3/i11D,12D,13D,14D,15D,16D,17D,18D,19D,20D,21D,22D,23D,24D,25D,26D,27D,28D,29D,30D. The highest BCUT2D eigenvalue weighted by molar-refractivity contribution is 7.00. The molecule has 3 aliphatic heterocycles. The number of para-hydroxylation sites is 2. The van der Waals surface area contributed by atoms with Crippen molar-refractivity contribution in [3.63, 3.8) is 0 Å². The van der Waals surface area contributed by atoms with Crippen molar-refractivity contribution in [2.75, 3.05) is 9.80 Å². The van der Waals surface area contributed by atoms with Gasteiger partial charge in [-0.2, -0.15) is 0 Å². The minimum Gasteiger partial charge on any atom is -0.456 e. The highest BCUT2D eigenvalue weighted by atomic mass is 16.3. The van der Waals surface area contributed by atoms with Gasteiger partial charge in [-0.1, -0.05) is 111 Å². The number of rotatable bonds is 1. The Morgan fingerprint density at radius 1 is 0.500 bits per heavy atom. The van der Waals surface area contributed by atoms with Gasteiger partial charge in [-0.3, -0.25) is 0 Å². The average Bonchev–Trinajstić information content (AvgIpc) is 2.23. The lowest BCUT2D eigenvalue weighted by atomic mass is 9.33. The fraction of sp³-hybridized carbons (Fsp3) is 0.236. The molecular formula is C55H50BN3O. The van der Waals surface area contributed by atoms with Gasteiger partial charge in [-0.05, 0) is 134 Å². The van der Waals surface area contributed by atoms with Gasteiger partial charge in [0.1, 0.15) is 11.2 Å². The van der Waals surface area contributed by atoms with Gasteiger partial charge in [0, 0.05) is 44.3 Å². The van der Waals surface area contributed by atoms with Crippen LogP contribution in [0.2, 0.25) is 0 Å². The van der Waals surface area contributed by atoms with E-state index < -0.39 is 118 Å². The first kappa shape index (κ1) is 20.9. The third-order valence-corrected chi connectivity index (χ3v) is 11.8. The van der Waals surface area contributed by atoms with E-state index in [-0.39, 0.29) is 148 Å². The lowest BCUT2D eigenvalue weighted by Gasteiger charge is -2.46. The van der Waals surface area contributed by atoms with Crippen LogP contribution in [-0.4, -0.2) is 11.3 Å². The first-order valence-electron chi connectivity index (χ1n) is 30.0. The summed E-state index contributed by atoms with van der Waals surface area (Å²) in [6.45, 7) is 15.9. The molecule has 0 atom stereocenters. The lowest BCUT2D eigenvalue weighted by molar-refractivity contribution is 0.590. The molecule has 5 heteroatoms. The first-order chi connectivity index (χ1) is 37.0. The number of benzene rings is 7. The maximum atomic E-state index is 10.4. The summed E-state index contributed by atoms with van der Waals surface area (Å²) >= 11 is 0. The molecule has 0 bridgehead atoms. The van der Waals surface area contributed by atoms with Crippen molar-refractivity contribution in [3.05, 3.63) is 143 Å². The van der Waals surface area contributed by atoms with E-state index in [4.69, 9.17) is 9.90 Å². The Morgan fingerprint density at radius 3 is 1.95 bits per heavy atom. The number of hydrogen-bond acceptors (Lipinski definition) is 3. The number of nitrogens with zero attached hydrogens (tertiary/aromatic N) is 3. The Morgan fingerprint density at radius 2 is 1.18 bits per heavy atom. The summed E-state index contributed by atoms with van der Waals surface area (Å²) < 4.78 is 202. The van der Waals surface area contributed by atoms with Crippen molar-refractivity contribution in [2.24, 2.45) is 0 Å². The van der Waals surface area contributed by atoms with Crippen molar-refractivity contribution < 1.29 is 31.8 Å². The van der Waals surface area contributed by atoms with E-state index >= 15 is 0 Å². The predicted octanol–water partition coefficient (Wildman–Crippen LogP) is 13.3. The molecule has 0 N–H and O–H groups in total. The largest absolute Gasteiger partial charge is 0.456 e. The highest BCUT2D eigenvalue weighted by Crippen LogP contribution is 2.54. The van der Waals surface area contributed by atoms with Gasteiger partial charge in [-0.15, -0.1) is 0 Å². The second kappa shape index (κ2) is 11.5. The van der Waals surface area contributed by atoms with Gasteiger partial charge in [0.15, 0.2) is 0 Å². The van der Waals surface area contributed by atoms with Crippen LogP contribution in [0.1, 0.15) is 112 Å². The Kier molecular flexibility index (Phi) is 4.01. The number of furan rings is 1. The molecular weight excluding hydrogens is 729 g/mol. The second-order valence-electron chi connectivity index (χ2n) is 19.1. The molecule has 0 radical (unpaired) electrons. The van der Waals surface area contributed by atoms with Gasteiger partial charge in [-0.25, -0.2) is 0 Å². The van der Waals surface area contributed by atoms with Crippen LogP contribution < -0.4 is 26.2 Å². The molecule has 0 saturated carbocycles. The van der Waals surface area contributed by atoms with Crippen LogP contribution in [0.5, 0.6) is 0 Å². The Labute approximate surface area is 381 Å². The van der Waals surface area contributed by atoms with Crippen molar-refractivity contribution in [3.8, 4) is 5.69 Å². The summed E-state index contributed by atoms with van der Waals surface area (Å²) in [6, 6.07) is -9.93. The highest BCUT2D eigenvalue weighted by Gasteiger charge is 2.46. The maximum absolute atomic E-state index is 10.4. The zero-order valence-corrected chi connectivity index (χ0v) is 34.8.